The van der Waals surface area contributed by atoms with Gasteiger partial charge in [0.2, 0.25) is 0 Å². The monoisotopic (exact) mass is 191 g/mol. The smallest absolute Gasteiger partial charge is 0.0152 e. The number of hydrogen-bond acceptors (Lipinski definition) is 1. The third kappa shape index (κ3) is 3.15. The standard InChI is InChI=1S/C13H21N/c1-11(2)13(14(3)4)10-12-8-6-5-7-9-12/h5-9,11,13H,10H2,1-4H3/t13-/m1/s1. The van der Waals surface area contributed by atoms with E-state index in [4.69, 9.17) is 0 Å². The Labute approximate surface area is 87.7 Å². The molecule has 0 aliphatic rings. The molecule has 0 aliphatic heterocycles. The molecule has 0 saturated heterocycles. The molecule has 1 nitrogen and oxygen atoms in total. The summed E-state index contributed by atoms with van der Waals surface area (Å²) < 4.78 is 0. The minimum absolute atomic E-state index is 0.636. The lowest BCUT2D eigenvalue weighted by molar-refractivity contribution is 0.230. The molecule has 0 radical (unpaired) electrons. The van der Waals surface area contributed by atoms with E-state index in [2.05, 4.69) is 63.2 Å². The summed E-state index contributed by atoms with van der Waals surface area (Å²) in [5.41, 5.74) is 1.43. The molecule has 0 aliphatic carbocycles. The highest BCUT2D eigenvalue weighted by molar-refractivity contribution is 5.16. The zero-order chi connectivity index (χ0) is 10.6. The van der Waals surface area contributed by atoms with Gasteiger partial charge >= 0.3 is 0 Å². The van der Waals surface area contributed by atoms with Gasteiger partial charge in [0.15, 0.2) is 0 Å². The Hall–Kier alpha value is -0.820. The van der Waals surface area contributed by atoms with Crippen molar-refractivity contribution >= 4 is 0 Å². The van der Waals surface area contributed by atoms with Crippen LogP contribution in [0.25, 0.3) is 0 Å². The molecule has 78 valence electrons. The van der Waals surface area contributed by atoms with E-state index < -0.39 is 0 Å². The Morgan fingerprint density at radius 1 is 1.07 bits per heavy atom. The zero-order valence-electron chi connectivity index (χ0n) is 9.70. The molecule has 1 atom stereocenters. The molecular formula is C13H21N. The second kappa shape index (κ2) is 5.16. The fraction of sp³-hybridized carbons (Fsp3) is 0.538. The van der Waals surface area contributed by atoms with Gasteiger partial charge in [0.1, 0.15) is 0 Å². The molecule has 1 heteroatoms. The van der Waals surface area contributed by atoms with Gasteiger partial charge in [0.25, 0.3) is 0 Å². The lowest BCUT2D eigenvalue weighted by Gasteiger charge is -2.28. The van der Waals surface area contributed by atoms with Crippen LogP contribution in [0.5, 0.6) is 0 Å². The average molecular weight is 191 g/mol. The van der Waals surface area contributed by atoms with Crippen LogP contribution in [0.3, 0.4) is 0 Å². The van der Waals surface area contributed by atoms with Gasteiger partial charge in [-0.2, -0.15) is 0 Å². The van der Waals surface area contributed by atoms with Crippen LogP contribution in [0.4, 0.5) is 0 Å². The molecule has 0 saturated carbocycles. The van der Waals surface area contributed by atoms with E-state index in [0.717, 1.165) is 6.42 Å². The maximum absolute atomic E-state index is 2.32. The van der Waals surface area contributed by atoms with Crippen molar-refractivity contribution in [1.82, 2.24) is 4.90 Å². The van der Waals surface area contributed by atoms with E-state index in [1.165, 1.54) is 5.56 Å². The SMILES string of the molecule is CC(C)[C@@H](Cc1ccccc1)N(C)C. The summed E-state index contributed by atoms with van der Waals surface area (Å²) in [7, 11) is 4.32. The third-order valence-corrected chi connectivity index (χ3v) is 2.72. The van der Waals surface area contributed by atoms with Crippen molar-refractivity contribution in [3.8, 4) is 0 Å². The van der Waals surface area contributed by atoms with Crippen LogP contribution < -0.4 is 0 Å². The minimum Gasteiger partial charge on any atom is -0.306 e. The molecule has 0 N–H and O–H groups in total. The molecular weight excluding hydrogens is 170 g/mol. The van der Waals surface area contributed by atoms with Crippen LogP contribution in [-0.2, 0) is 6.42 Å². The molecule has 1 rings (SSSR count). The first-order chi connectivity index (χ1) is 6.61. The van der Waals surface area contributed by atoms with Gasteiger partial charge in [-0.3, -0.25) is 0 Å². The average Bonchev–Trinajstić information content (AvgIpc) is 2.15. The highest BCUT2D eigenvalue weighted by Crippen LogP contribution is 2.13. The summed E-state index contributed by atoms with van der Waals surface area (Å²) in [6.45, 7) is 4.57. The molecule has 0 fully saturated rings. The third-order valence-electron chi connectivity index (χ3n) is 2.72. The normalized spacial score (nSPS) is 13.6. The van der Waals surface area contributed by atoms with Gasteiger partial charge in [0, 0.05) is 6.04 Å². The summed E-state index contributed by atoms with van der Waals surface area (Å²) in [6, 6.07) is 11.4. The zero-order valence-corrected chi connectivity index (χ0v) is 9.70. The van der Waals surface area contributed by atoms with E-state index >= 15 is 0 Å². The molecule has 0 amide bonds. The first-order valence-electron chi connectivity index (χ1n) is 5.31. The van der Waals surface area contributed by atoms with Gasteiger partial charge in [-0.25, -0.2) is 0 Å². The second-order valence-corrected chi connectivity index (χ2v) is 4.46. The molecule has 0 heterocycles. The predicted octanol–water partition coefficient (Wildman–Crippen LogP) is 2.82. The van der Waals surface area contributed by atoms with E-state index in [1.807, 2.05) is 0 Å². The molecule has 1 aromatic rings. The molecule has 1 aromatic carbocycles. The quantitative estimate of drug-likeness (QED) is 0.707. The Balaban J connectivity index is 2.65. The molecule has 0 spiro atoms. The number of nitrogens with zero attached hydrogens (tertiary/aromatic N) is 1. The van der Waals surface area contributed by atoms with Gasteiger partial charge in [-0.1, -0.05) is 44.2 Å². The van der Waals surface area contributed by atoms with E-state index in [9.17, 15) is 0 Å². The highest BCUT2D eigenvalue weighted by atomic mass is 15.1. The highest BCUT2D eigenvalue weighted by Gasteiger charge is 2.15. The van der Waals surface area contributed by atoms with Crippen molar-refractivity contribution in [3.05, 3.63) is 35.9 Å². The lowest BCUT2D eigenvalue weighted by atomic mass is 9.96. The van der Waals surface area contributed by atoms with E-state index in [0.29, 0.717) is 12.0 Å². The second-order valence-electron chi connectivity index (χ2n) is 4.46. The maximum Gasteiger partial charge on any atom is 0.0152 e. The molecule has 14 heavy (non-hydrogen) atoms. The Kier molecular flexibility index (Phi) is 4.15. The van der Waals surface area contributed by atoms with E-state index in [1.54, 1.807) is 0 Å². The summed E-state index contributed by atoms with van der Waals surface area (Å²) in [4.78, 5) is 2.32. The summed E-state index contributed by atoms with van der Waals surface area (Å²) >= 11 is 0. The summed E-state index contributed by atoms with van der Waals surface area (Å²) in [5.74, 6) is 0.699. The van der Waals surface area contributed by atoms with Crippen molar-refractivity contribution in [3.63, 3.8) is 0 Å². The van der Waals surface area contributed by atoms with Crippen molar-refractivity contribution in [1.29, 1.82) is 0 Å². The Bertz CT molecular complexity index is 243. The van der Waals surface area contributed by atoms with Crippen LogP contribution >= 0.6 is 0 Å². The van der Waals surface area contributed by atoms with Crippen molar-refractivity contribution < 1.29 is 0 Å². The van der Waals surface area contributed by atoms with Crippen LogP contribution in [0, 0.1) is 5.92 Å². The fourth-order valence-corrected chi connectivity index (χ4v) is 1.87. The molecule has 0 unspecified atom stereocenters. The fourth-order valence-electron chi connectivity index (χ4n) is 1.87. The minimum atomic E-state index is 0.636. The Morgan fingerprint density at radius 2 is 1.64 bits per heavy atom. The summed E-state index contributed by atoms with van der Waals surface area (Å²) in [5, 5.41) is 0. The number of benzene rings is 1. The van der Waals surface area contributed by atoms with E-state index in [-0.39, 0.29) is 0 Å². The molecule has 0 bridgehead atoms. The predicted molar refractivity (Wildman–Crippen MR) is 62.5 cm³/mol. The first kappa shape index (κ1) is 11.3. The topological polar surface area (TPSA) is 3.24 Å². The number of hydrogen-bond donors (Lipinski definition) is 0. The van der Waals surface area contributed by atoms with Crippen molar-refractivity contribution in [2.45, 2.75) is 26.3 Å². The molecule has 0 aromatic heterocycles. The van der Waals surface area contributed by atoms with Gasteiger partial charge in [0.05, 0.1) is 0 Å². The summed E-state index contributed by atoms with van der Waals surface area (Å²) in [6.07, 6.45) is 1.14. The van der Waals surface area contributed by atoms with Gasteiger partial charge < -0.3 is 4.90 Å². The first-order valence-corrected chi connectivity index (χ1v) is 5.31. The number of rotatable bonds is 4. The van der Waals surface area contributed by atoms with Crippen LogP contribution in [-0.4, -0.2) is 25.0 Å². The largest absolute Gasteiger partial charge is 0.306 e. The lowest BCUT2D eigenvalue weighted by Crippen LogP contribution is -2.34. The maximum atomic E-state index is 2.32. The Morgan fingerprint density at radius 3 is 2.07 bits per heavy atom. The van der Waals surface area contributed by atoms with Gasteiger partial charge in [-0.05, 0) is 32.0 Å². The van der Waals surface area contributed by atoms with Crippen molar-refractivity contribution in [2.24, 2.45) is 5.92 Å². The van der Waals surface area contributed by atoms with Crippen LogP contribution in [0.15, 0.2) is 30.3 Å². The van der Waals surface area contributed by atoms with Crippen molar-refractivity contribution in [2.75, 3.05) is 14.1 Å². The number of likely N-dealkylation sites (N-methyl/N-ethyl adjacent to an activating group) is 1. The van der Waals surface area contributed by atoms with Gasteiger partial charge in [-0.15, -0.1) is 0 Å². The van der Waals surface area contributed by atoms with Crippen LogP contribution in [0.1, 0.15) is 19.4 Å². The van der Waals surface area contributed by atoms with Crippen LogP contribution in [0.2, 0.25) is 0 Å².